The lowest BCUT2D eigenvalue weighted by atomic mass is 10.0. The van der Waals surface area contributed by atoms with E-state index in [1.807, 2.05) is 0 Å². The van der Waals surface area contributed by atoms with Gasteiger partial charge in [0.05, 0.1) is 23.7 Å². The lowest BCUT2D eigenvalue weighted by Gasteiger charge is -2.32. The summed E-state index contributed by atoms with van der Waals surface area (Å²) in [6, 6.07) is 1.81. The van der Waals surface area contributed by atoms with E-state index in [0.717, 1.165) is 12.8 Å². The third kappa shape index (κ3) is 2.99. The molecular formula is C14H15ClN4O3. The first kappa shape index (κ1) is 14.6. The van der Waals surface area contributed by atoms with Crippen LogP contribution >= 0.6 is 11.6 Å². The predicted molar refractivity (Wildman–Crippen MR) is 81.1 cm³/mol. The second kappa shape index (κ2) is 6.23. The molecular weight excluding hydrogens is 308 g/mol. The standard InChI is InChI=1S/C14H15ClN4O3/c15-12-11(7-16-18-13(12)20)17-10-1-4-19(5-2-10)14(21)9-3-6-22-8-9/h3,6-8,10H,1-2,4-5H2,(H2,17,18,20). The van der Waals surface area contributed by atoms with Gasteiger partial charge in [0.2, 0.25) is 0 Å². The number of nitrogens with zero attached hydrogens (tertiary/aromatic N) is 2. The number of halogens is 1. The van der Waals surface area contributed by atoms with E-state index in [-0.39, 0.29) is 17.0 Å². The fourth-order valence-corrected chi connectivity index (χ4v) is 2.65. The number of nitrogens with one attached hydrogen (secondary N) is 2. The summed E-state index contributed by atoms with van der Waals surface area (Å²) in [6.45, 7) is 1.27. The summed E-state index contributed by atoms with van der Waals surface area (Å²) < 4.78 is 4.94. The van der Waals surface area contributed by atoms with Gasteiger partial charge in [0.25, 0.3) is 11.5 Å². The largest absolute Gasteiger partial charge is 0.472 e. The fourth-order valence-electron chi connectivity index (χ4n) is 2.50. The number of H-pyrrole nitrogens is 1. The average molecular weight is 323 g/mol. The highest BCUT2D eigenvalue weighted by Crippen LogP contribution is 2.21. The minimum atomic E-state index is -0.417. The van der Waals surface area contributed by atoms with Crippen LogP contribution < -0.4 is 10.9 Å². The van der Waals surface area contributed by atoms with Crippen LogP contribution in [-0.4, -0.2) is 40.1 Å². The highest BCUT2D eigenvalue weighted by Gasteiger charge is 2.24. The number of likely N-dealkylation sites (tertiary alicyclic amines) is 1. The van der Waals surface area contributed by atoms with Gasteiger partial charge in [-0.3, -0.25) is 9.59 Å². The molecule has 7 nitrogen and oxygen atoms in total. The lowest BCUT2D eigenvalue weighted by molar-refractivity contribution is 0.0718. The molecule has 3 heterocycles. The Morgan fingerprint density at radius 1 is 1.45 bits per heavy atom. The van der Waals surface area contributed by atoms with E-state index in [9.17, 15) is 9.59 Å². The summed E-state index contributed by atoms with van der Waals surface area (Å²) >= 11 is 5.94. The van der Waals surface area contributed by atoms with Crippen LogP contribution in [0.3, 0.4) is 0 Å². The fraction of sp³-hybridized carbons (Fsp3) is 0.357. The smallest absolute Gasteiger partial charge is 0.285 e. The Labute approximate surface area is 131 Å². The summed E-state index contributed by atoms with van der Waals surface area (Å²) in [4.78, 5) is 25.4. The molecule has 2 N–H and O–H groups in total. The SMILES string of the molecule is O=C(c1ccoc1)N1CCC(Nc2cn[nH]c(=O)c2Cl)CC1. The third-order valence-corrected chi connectivity index (χ3v) is 4.08. The highest BCUT2D eigenvalue weighted by atomic mass is 35.5. The first-order valence-corrected chi connectivity index (χ1v) is 7.34. The number of carbonyl (C=O) groups excluding carboxylic acids is 1. The Hall–Kier alpha value is -2.28. The second-order valence-electron chi connectivity index (χ2n) is 5.15. The summed E-state index contributed by atoms with van der Waals surface area (Å²) in [5.74, 6) is -0.0249. The monoisotopic (exact) mass is 322 g/mol. The van der Waals surface area contributed by atoms with Gasteiger partial charge in [-0.2, -0.15) is 5.10 Å². The van der Waals surface area contributed by atoms with Crippen LogP contribution in [0.15, 0.2) is 34.0 Å². The molecule has 0 aliphatic carbocycles. The predicted octanol–water partition coefficient (Wildman–Crippen LogP) is 1.73. The van der Waals surface area contributed by atoms with Gasteiger partial charge >= 0.3 is 0 Å². The van der Waals surface area contributed by atoms with Crippen molar-refractivity contribution in [2.45, 2.75) is 18.9 Å². The van der Waals surface area contributed by atoms with Crippen molar-refractivity contribution >= 4 is 23.2 Å². The lowest BCUT2D eigenvalue weighted by Crippen LogP contribution is -2.42. The molecule has 1 aliphatic rings. The quantitative estimate of drug-likeness (QED) is 0.898. The number of piperidine rings is 1. The van der Waals surface area contributed by atoms with Crippen LogP contribution in [-0.2, 0) is 0 Å². The minimum Gasteiger partial charge on any atom is -0.472 e. The molecule has 0 atom stereocenters. The second-order valence-corrected chi connectivity index (χ2v) is 5.53. The number of carbonyl (C=O) groups is 1. The number of hydrogen-bond acceptors (Lipinski definition) is 5. The van der Waals surface area contributed by atoms with Gasteiger partial charge in [-0.15, -0.1) is 0 Å². The Balaban J connectivity index is 1.59. The van der Waals surface area contributed by atoms with Crippen molar-refractivity contribution < 1.29 is 9.21 Å². The van der Waals surface area contributed by atoms with Crippen molar-refractivity contribution in [2.24, 2.45) is 0 Å². The number of aromatic nitrogens is 2. The number of hydrogen-bond donors (Lipinski definition) is 2. The van der Waals surface area contributed by atoms with E-state index in [1.54, 1.807) is 11.0 Å². The number of anilines is 1. The van der Waals surface area contributed by atoms with Gasteiger partial charge in [0, 0.05) is 19.1 Å². The van der Waals surface area contributed by atoms with Crippen molar-refractivity contribution in [3.05, 3.63) is 45.7 Å². The normalized spacial score (nSPS) is 15.8. The van der Waals surface area contributed by atoms with Crippen LogP contribution in [0.2, 0.25) is 5.02 Å². The van der Waals surface area contributed by atoms with E-state index in [1.165, 1.54) is 18.7 Å². The molecule has 0 saturated carbocycles. The van der Waals surface area contributed by atoms with Gasteiger partial charge in [-0.1, -0.05) is 11.6 Å². The maximum atomic E-state index is 12.2. The molecule has 1 aliphatic heterocycles. The summed E-state index contributed by atoms with van der Waals surface area (Å²) in [5, 5.41) is 9.32. The molecule has 22 heavy (non-hydrogen) atoms. The number of rotatable bonds is 3. The van der Waals surface area contributed by atoms with Crippen LogP contribution in [0, 0.1) is 0 Å². The molecule has 2 aromatic rings. The van der Waals surface area contributed by atoms with E-state index in [0.29, 0.717) is 24.3 Å². The summed E-state index contributed by atoms with van der Waals surface area (Å²) in [7, 11) is 0. The highest BCUT2D eigenvalue weighted by molar-refractivity contribution is 6.32. The maximum Gasteiger partial charge on any atom is 0.285 e. The van der Waals surface area contributed by atoms with E-state index < -0.39 is 5.56 Å². The minimum absolute atomic E-state index is 0.0249. The van der Waals surface area contributed by atoms with Crippen LogP contribution in [0.4, 0.5) is 5.69 Å². The molecule has 0 bridgehead atoms. The van der Waals surface area contributed by atoms with E-state index >= 15 is 0 Å². The Bertz CT molecular complexity index is 705. The van der Waals surface area contributed by atoms with Crippen molar-refractivity contribution in [2.75, 3.05) is 18.4 Å². The molecule has 0 radical (unpaired) electrons. The molecule has 0 spiro atoms. The van der Waals surface area contributed by atoms with Crippen LogP contribution in [0.1, 0.15) is 23.2 Å². The van der Waals surface area contributed by atoms with Gasteiger partial charge in [0.1, 0.15) is 11.3 Å². The Morgan fingerprint density at radius 3 is 2.91 bits per heavy atom. The average Bonchev–Trinajstić information content (AvgIpc) is 3.06. The van der Waals surface area contributed by atoms with Crippen molar-refractivity contribution in [1.29, 1.82) is 0 Å². The van der Waals surface area contributed by atoms with Crippen molar-refractivity contribution in [3.63, 3.8) is 0 Å². The van der Waals surface area contributed by atoms with Crippen molar-refractivity contribution in [1.82, 2.24) is 15.1 Å². The van der Waals surface area contributed by atoms with Gasteiger partial charge in [-0.25, -0.2) is 5.10 Å². The first-order valence-electron chi connectivity index (χ1n) is 6.96. The first-order chi connectivity index (χ1) is 10.6. The zero-order valence-electron chi connectivity index (χ0n) is 11.7. The zero-order chi connectivity index (χ0) is 15.5. The Kier molecular flexibility index (Phi) is 4.15. The topological polar surface area (TPSA) is 91.2 Å². The van der Waals surface area contributed by atoms with Gasteiger partial charge in [0.15, 0.2) is 0 Å². The molecule has 1 saturated heterocycles. The van der Waals surface area contributed by atoms with E-state index in [2.05, 4.69) is 15.5 Å². The summed E-state index contributed by atoms with van der Waals surface area (Å²) in [6.07, 6.45) is 5.98. The molecule has 2 aromatic heterocycles. The number of furan rings is 1. The molecule has 0 aromatic carbocycles. The Morgan fingerprint density at radius 2 is 2.23 bits per heavy atom. The van der Waals surface area contributed by atoms with Crippen LogP contribution in [0.5, 0.6) is 0 Å². The number of amides is 1. The number of aromatic amines is 1. The molecule has 1 fully saturated rings. The van der Waals surface area contributed by atoms with Crippen molar-refractivity contribution in [3.8, 4) is 0 Å². The molecule has 116 valence electrons. The van der Waals surface area contributed by atoms with Crippen LogP contribution in [0.25, 0.3) is 0 Å². The maximum absolute atomic E-state index is 12.2. The van der Waals surface area contributed by atoms with Gasteiger partial charge in [-0.05, 0) is 18.9 Å². The van der Waals surface area contributed by atoms with Gasteiger partial charge < -0.3 is 14.6 Å². The molecule has 8 heteroatoms. The third-order valence-electron chi connectivity index (χ3n) is 3.71. The van der Waals surface area contributed by atoms with E-state index in [4.69, 9.17) is 16.0 Å². The molecule has 0 unspecified atom stereocenters. The molecule has 1 amide bonds. The molecule has 3 rings (SSSR count). The summed E-state index contributed by atoms with van der Waals surface area (Å²) in [5.41, 5.74) is 0.664. The zero-order valence-corrected chi connectivity index (χ0v) is 12.5.